The summed E-state index contributed by atoms with van der Waals surface area (Å²) in [6.45, 7) is 3.09. The zero-order valence-corrected chi connectivity index (χ0v) is 12.9. The van der Waals surface area contributed by atoms with E-state index in [4.69, 9.17) is 4.74 Å². The predicted octanol–water partition coefficient (Wildman–Crippen LogP) is 4.22. The van der Waals surface area contributed by atoms with Crippen LogP contribution in [-0.4, -0.2) is 23.5 Å². The quantitative estimate of drug-likeness (QED) is 0.808. The summed E-state index contributed by atoms with van der Waals surface area (Å²) in [5, 5.41) is 5.68. The second-order valence-electron chi connectivity index (χ2n) is 4.47. The van der Waals surface area contributed by atoms with Crippen LogP contribution in [0.25, 0.3) is 10.8 Å². The van der Waals surface area contributed by atoms with Crippen LogP contribution in [0.15, 0.2) is 30.5 Å². The van der Waals surface area contributed by atoms with Crippen molar-refractivity contribution in [1.29, 1.82) is 0 Å². The molecule has 0 saturated carbocycles. The van der Waals surface area contributed by atoms with E-state index in [0.717, 1.165) is 36.3 Å². The average Bonchev–Trinajstić information content (AvgIpc) is 2.46. The average molecular weight is 323 g/mol. The van der Waals surface area contributed by atoms with Gasteiger partial charge in [0.2, 0.25) is 0 Å². The fraction of sp³-hybridized carbons (Fsp3) is 0.400. The number of halogens is 1. The number of methoxy groups -OCH3 is 1. The Morgan fingerprint density at radius 3 is 2.95 bits per heavy atom. The number of nitrogens with zero attached hydrogens (tertiary/aromatic N) is 1. The maximum atomic E-state index is 5.27. The number of anilines is 1. The zero-order chi connectivity index (χ0) is 13.7. The number of hydrogen-bond acceptors (Lipinski definition) is 3. The van der Waals surface area contributed by atoms with Crippen LogP contribution in [0.3, 0.4) is 0 Å². The third kappa shape index (κ3) is 3.60. The maximum absolute atomic E-state index is 5.27. The number of pyridine rings is 1. The molecule has 2 aromatic rings. The van der Waals surface area contributed by atoms with Crippen LogP contribution in [0.2, 0.25) is 0 Å². The minimum atomic E-state index is 0.560. The summed E-state index contributed by atoms with van der Waals surface area (Å²) in [4.78, 5) is 4.98. The van der Waals surface area contributed by atoms with E-state index in [1.807, 2.05) is 24.4 Å². The smallest absolute Gasteiger partial charge is 0.133 e. The standard InChI is InChI=1S/C15H19BrN2O/c1-3-12(16)7-9-18-15-14-10-13(19-2)5-4-11(14)6-8-17-15/h4-6,8,10,12H,3,7,9H2,1-2H3,(H,17,18). The minimum absolute atomic E-state index is 0.560. The molecule has 0 aliphatic heterocycles. The molecule has 1 atom stereocenters. The summed E-state index contributed by atoms with van der Waals surface area (Å²) in [5.74, 6) is 1.78. The van der Waals surface area contributed by atoms with E-state index >= 15 is 0 Å². The first-order chi connectivity index (χ1) is 9.24. The van der Waals surface area contributed by atoms with Crippen LogP contribution in [0.4, 0.5) is 5.82 Å². The summed E-state index contributed by atoms with van der Waals surface area (Å²) in [5.41, 5.74) is 0. The van der Waals surface area contributed by atoms with Gasteiger partial charge in [-0.2, -0.15) is 0 Å². The van der Waals surface area contributed by atoms with Crippen LogP contribution in [0.5, 0.6) is 5.75 Å². The van der Waals surface area contributed by atoms with Crippen molar-refractivity contribution in [2.24, 2.45) is 0 Å². The second kappa shape index (κ2) is 6.75. The molecule has 0 aliphatic rings. The van der Waals surface area contributed by atoms with Crippen LogP contribution < -0.4 is 10.1 Å². The molecular weight excluding hydrogens is 304 g/mol. The van der Waals surface area contributed by atoms with Crippen molar-refractivity contribution < 1.29 is 4.74 Å². The monoisotopic (exact) mass is 322 g/mol. The molecule has 1 heterocycles. The molecule has 102 valence electrons. The zero-order valence-electron chi connectivity index (χ0n) is 11.3. The Morgan fingerprint density at radius 2 is 2.21 bits per heavy atom. The first-order valence-electron chi connectivity index (χ1n) is 6.55. The Kier molecular flexibility index (Phi) is 5.02. The van der Waals surface area contributed by atoms with E-state index in [1.165, 1.54) is 5.39 Å². The lowest BCUT2D eigenvalue weighted by Gasteiger charge is -2.11. The molecule has 0 saturated heterocycles. The fourth-order valence-electron chi connectivity index (χ4n) is 1.97. The lowest BCUT2D eigenvalue weighted by molar-refractivity contribution is 0.415. The molecule has 0 amide bonds. The van der Waals surface area contributed by atoms with Gasteiger partial charge in [-0.3, -0.25) is 0 Å². The Labute approximate surface area is 122 Å². The molecule has 2 rings (SSSR count). The van der Waals surface area contributed by atoms with Gasteiger partial charge in [0, 0.05) is 23.0 Å². The van der Waals surface area contributed by atoms with Gasteiger partial charge in [0.1, 0.15) is 11.6 Å². The molecule has 0 spiro atoms. The molecule has 0 aliphatic carbocycles. The summed E-state index contributed by atoms with van der Waals surface area (Å²) in [7, 11) is 1.68. The van der Waals surface area contributed by atoms with Crippen molar-refractivity contribution in [2.45, 2.75) is 24.6 Å². The van der Waals surface area contributed by atoms with E-state index < -0.39 is 0 Å². The highest BCUT2D eigenvalue weighted by Crippen LogP contribution is 2.25. The maximum Gasteiger partial charge on any atom is 0.133 e. The number of hydrogen-bond donors (Lipinski definition) is 1. The first kappa shape index (κ1) is 14.1. The molecule has 19 heavy (non-hydrogen) atoms. The van der Waals surface area contributed by atoms with Gasteiger partial charge in [-0.1, -0.05) is 28.9 Å². The number of benzene rings is 1. The van der Waals surface area contributed by atoms with Crippen molar-refractivity contribution in [3.05, 3.63) is 30.5 Å². The van der Waals surface area contributed by atoms with Crippen LogP contribution in [0, 0.1) is 0 Å². The number of nitrogens with one attached hydrogen (secondary N) is 1. The van der Waals surface area contributed by atoms with Crippen LogP contribution in [0.1, 0.15) is 19.8 Å². The third-order valence-electron chi connectivity index (χ3n) is 3.17. The van der Waals surface area contributed by atoms with Gasteiger partial charge in [0.05, 0.1) is 7.11 Å². The second-order valence-corrected chi connectivity index (χ2v) is 5.76. The number of aromatic nitrogens is 1. The molecule has 1 unspecified atom stereocenters. The molecule has 3 nitrogen and oxygen atoms in total. The van der Waals surface area contributed by atoms with Gasteiger partial charge in [-0.05, 0) is 36.4 Å². The summed E-state index contributed by atoms with van der Waals surface area (Å²) >= 11 is 3.64. The Balaban J connectivity index is 2.17. The van der Waals surface area contributed by atoms with Gasteiger partial charge < -0.3 is 10.1 Å². The lowest BCUT2D eigenvalue weighted by atomic mass is 10.1. The van der Waals surface area contributed by atoms with E-state index in [9.17, 15) is 0 Å². The van der Waals surface area contributed by atoms with Crippen LogP contribution >= 0.6 is 15.9 Å². The highest BCUT2D eigenvalue weighted by molar-refractivity contribution is 9.09. The normalized spacial score (nSPS) is 12.4. The largest absolute Gasteiger partial charge is 0.497 e. The van der Waals surface area contributed by atoms with Gasteiger partial charge >= 0.3 is 0 Å². The first-order valence-corrected chi connectivity index (χ1v) is 7.47. The Bertz CT molecular complexity index is 545. The van der Waals surface area contributed by atoms with Crippen molar-refractivity contribution in [3.8, 4) is 5.75 Å². The van der Waals surface area contributed by atoms with E-state index in [0.29, 0.717) is 4.83 Å². The van der Waals surface area contributed by atoms with Crippen molar-refractivity contribution >= 4 is 32.5 Å². The molecule has 0 bridgehead atoms. The molecule has 0 fully saturated rings. The van der Waals surface area contributed by atoms with E-state index in [1.54, 1.807) is 7.11 Å². The van der Waals surface area contributed by atoms with Gasteiger partial charge in [-0.15, -0.1) is 0 Å². The SMILES string of the molecule is CCC(Br)CCNc1nccc2ccc(OC)cc12. The van der Waals surface area contributed by atoms with Crippen molar-refractivity contribution in [1.82, 2.24) is 4.98 Å². The Morgan fingerprint density at radius 1 is 1.37 bits per heavy atom. The highest BCUT2D eigenvalue weighted by Gasteiger charge is 2.05. The molecule has 4 heteroatoms. The minimum Gasteiger partial charge on any atom is -0.497 e. The van der Waals surface area contributed by atoms with Gasteiger partial charge in [0.15, 0.2) is 0 Å². The van der Waals surface area contributed by atoms with Gasteiger partial charge in [-0.25, -0.2) is 4.98 Å². The molecule has 1 N–H and O–H groups in total. The van der Waals surface area contributed by atoms with Crippen LogP contribution in [-0.2, 0) is 0 Å². The van der Waals surface area contributed by atoms with E-state index in [-0.39, 0.29) is 0 Å². The molecule has 0 radical (unpaired) electrons. The highest BCUT2D eigenvalue weighted by atomic mass is 79.9. The van der Waals surface area contributed by atoms with Crippen molar-refractivity contribution in [3.63, 3.8) is 0 Å². The number of fused-ring (bicyclic) bond motifs is 1. The number of rotatable bonds is 6. The third-order valence-corrected chi connectivity index (χ3v) is 4.27. The van der Waals surface area contributed by atoms with E-state index in [2.05, 4.69) is 39.2 Å². The molecule has 1 aromatic heterocycles. The lowest BCUT2D eigenvalue weighted by Crippen LogP contribution is -2.09. The van der Waals surface area contributed by atoms with Crippen molar-refractivity contribution in [2.75, 3.05) is 19.0 Å². The number of ether oxygens (including phenoxy) is 1. The fourth-order valence-corrected chi connectivity index (χ4v) is 2.20. The molecule has 1 aromatic carbocycles. The summed E-state index contributed by atoms with van der Waals surface area (Å²) in [6.07, 6.45) is 4.06. The topological polar surface area (TPSA) is 34.2 Å². The Hall–Kier alpha value is -1.29. The molecular formula is C15H19BrN2O. The summed E-state index contributed by atoms with van der Waals surface area (Å²) in [6, 6.07) is 8.06. The number of alkyl halides is 1. The predicted molar refractivity (Wildman–Crippen MR) is 84.4 cm³/mol. The summed E-state index contributed by atoms with van der Waals surface area (Å²) < 4.78 is 5.27. The van der Waals surface area contributed by atoms with Gasteiger partial charge in [0.25, 0.3) is 0 Å².